The number of nitrogens with zero attached hydrogens (tertiary/aromatic N) is 2. The van der Waals surface area contributed by atoms with Gasteiger partial charge in [-0.3, -0.25) is 19.3 Å². The third kappa shape index (κ3) is 3.87. The Kier molecular flexibility index (Phi) is 6.03. The molecule has 3 amide bonds. The van der Waals surface area contributed by atoms with E-state index in [-0.39, 0.29) is 24.3 Å². The molecule has 0 fully saturated rings. The van der Waals surface area contributed by atoms with Crippen molar-refractivity contribution >= 4 is 23.4 Å². The number of amides is 3. The summed E-state index contributed by atoms with van der Waals surface area (Å²) < 4.78 is 5.71. The van der Waals surface area contributed by atoms with Gasteiger partial charge in [0.15, 0.2) is 0 Å². The van der Waals surface area contributed by atoms with Gasteiger partial charge in [-0.1, -0.05) is 36.4 Å². The molecule has 0 aliphatic carbocycles. The van der Waals surface area contributed by atoms with Gasteiger partial charge in [0.2, 0.25) is 0 Å². The first-order valence-corrected chi connectivity index (χ1v) is 10.6. The molecule has 0 radical (unpaired) electrons. The second kappa shape index (κ2) is 9.06. The van der Waals surface area contributed by atoms with Crippen LogP contribution in [0.2, 0.25) is 0 Å². The van der Waals surface area contributed by atoms with Gasteiger partial charge in [0.1, 0.15) is 5.75 Å². The maximum Gasteiger partial charge on any atom is 0.262 e. The van der Waals surface area contributed by atoms with Gasteiger partial charge >= 0.3 is 0 Å². The summed E-state index contributed by atoms with van der Waals surface area (Å²) in [7, 11) is 0. The Labute approximate surface area is 187 Å². The molecule has 0 aromatic heterocycles. The number of fused-ring (bicyclic) bond motifs is 1. The summed E-state index contributed by atoms with van der Waals surface area (Å²) >= 11 is 0. The van der Waals surface area contributed by atoms with E-state index in [9.17, 15) is 14.4 Å². The lowest BCUT2D eigenvalue weighted by atomic mass is 10.1. The van der Waals surface area contributed by atoms with Crippen LogP contribution in [-0.2, 0) is 6.54 Å². The molecular formula is C26H24N2O4. The summed E-state index contributed by atoms with van der Waals surface area (Å²) in [6.07, 6.45) is 0. The first-order chi connectivity index (χ1) is 15.5. The quantitative estimate of drug-likeness (QED) is 0.518. The maximum absolute atomic E-state index is 13.5. The summed E-state index contributed by atoms with van der Waals surface area (Å²) in [6.45, 7) is 4.74. The predicted octanol–water partition coefficient (Wildman–Crippen LogP) is 4.55. The molecule has 1 aliphatic heterocycles. The Morgan fingerprint density at radius 3 is 2.09 bits per heavy atom. The SMILES string of the molecule is CCOc1ccc(CN2C(=O)c3ccccc3C2=O)cc1C(=O)N(CC)c1ccccc1. The van der Waals surface area contributed by atoms with Gasteiger partial charge in [0.05, 0.1) is 29.8 Å². The number of ether oxygens (including phenoxy) is 1. The highest BCUT2D eigenvalue weighted by Gasteiger charge is 2.35. The highest BCUT2D eigenvalue weighted by molar-refractivity contribution is 6.21. The Morgan fingerprint density at radius 1 is 0.875 bits per heavy atom. The second-order valence-electron chi connectivity index (χ2n) is 7.39. The lowest BCUT2D eigenvalue weighted by Crippen LogP contribution is -2.32. The molecule has 6 nitrogen and oxygen atoms in total. The van der Waals surface area contributed by atoms with Crippen molar-refractivity contribution in [1.29, 1.82) is 0 Å². The molecule has 162 valence electrons. The van der Waals surface area contributed by atoms with Gasteiger partial charge in [-0.2, -0.15) is 0 Å². The Bertz CT molecular complexity index is 1140. The fraction of sp³-hybridized carbons (Fsp3) is 0.192. The van der Waals surface area contributed by atoms with Crippen LogP contribution in [0.4, 0.5) is 5.69 Å². The Hall–Kier alpha value is -3.93. The van der Waals surface area contributed by atoms with E-state index in [1.807, 2.05) is 44.2 Å². The topological polar surface area (TPSA) is 66.9 Å². The van der Waals surface area contributed by atoms with Crippen LogP contribution in [0, 0.1) is 0 Å². The monoisotopic (exact) mass is 428 g/mol. The van der Waals surface area contributed by atoms with Gasteiger partial charge in [0, 0.05) is 12.2 Å². The number of carbonyl (C=O) groups is 3. The van der Waals surface area contributed by atoms with E-state index in [4.69, 9.17) is 4.74 Å². The number of imide groups is 1. The predicted molar refractivity (Wildman–Crippen MR) is 122 cm³/mol. The van der Waals surface area contributed by atoms with Gasteiger partial charge < -0.3 is 9.64 Å². The summed E-state index contributed by atoms with van der Waals surface area (Å²) in [5, 5.41) is 0. The Balaban J connectivity index is 1.66. The van der Waals surface area contributed by atoms with Crippen molar-refractivity contribution in [3.05, 3.63) is 95.1 Å². The molecule has 0 bridgehead atoms. The van der Waals surface area contributed by atoms with Gasteiger partial charge in [-0.15, -0.1) is 0 Å². The largest absolute Gasteiger partial charge is 0.493 e. The van der Waals surface area contributed by atoms with E-state index in [1.54, 1.807) is 47.4 Å². The van der Waals surface area contributed by atoms with Crippen LogP contribution in [0.15, 0.2) is 72.8 Å². The third-order valence-electron chi connectivity index (χ3n) is 5.42. The lowest BCUT2D eigenvalue weighted by molar-refractivity contribution is 0.0642. The standard InChI is InChI=1S/C26H24N2O4/c1-3-27(19-10-6-5-7-11-19)26(31)22-16-18(14-15-23(22)32-4-2)17-28-24(29)20-12-8-9-13-21(20)25(28)30/h5-16H,3-4,17H2,1-2H3. The fourth-order valence-corrected chi connectivity index (χ4v) is 3.89. The number of rotatable bonds is 7. The van der Waals surface area contributed by atoms with Crippen LogP contribution in [-0.4, -0.2) is 35.8 Å². The smallest absolute Gasteiger partial charge is 0.262 e. The van der Waals surface area contributed by atoms with E-state index in [2.05, 4.69) is 0 Å². The molecule has 6 heteroatoms. The minimum Gasteiger partial charge on any atom is -0.493 e. The molecule has 0 spiro atoms. The minimum absolute atomic E-state index is 0.0799. The number of para-hydroxylation sites is 1. The van der Waals surface area contributed by atoms with Crippen LogP contribution >= 0.6 is 0 Å². The molecule has 3 aromatic rings. The van der Waals surface area contributed by atoms with E-state index >= 15 is 0 Å². The Morgan fingerprint density at radius 2 is 1.50 bits per heavy atom. The van der Waals surface area contributed by atoms with E-state index in [0.29, 0.717) is 41.2 Å². The van der Waals surface area contributed by atoms with Gasteiger partial charge in [-0.25, -0.2) is 0 Å². The first-order valence-electron chi connectivity index (χ1n) is 10.6. The second-order valence-corrected chi connectivity index (χ2v) is 7.39. The zero-order valence-corrected chi connectivity index (χ0v) is 18.1. The van der Waals surface area contributed by atoms with Crippen molar-refractivity contribution in [2.45, 2.75) is 20.4 Å². The van der Waals surface area contributed by atoms with Crippen molar-refractivity contribution in [2.75, 3.05) is 18.1 Å². The molecule has 0 saturated carbocycles. The van der Waals surface area contributed by atoms with E-state index in [0.717, 1.165) is 5.69 Å². The average molecular weight is 428 g/mol. The minimum atomic E-state index is -0.327. The zero-order valence-electron chi connectivity index (χ0n) is 18.1. The van der Waals surface area contributed by atoms with Crippen molar-refractivity contribution in [2.24, 2.45) is 0 Å². The maximum atomic E-state index is 13.5. The number of hydrogen-bond acceptors (Lipinski definition) is 4. The van der Waals surface area contributed by atoms with Crippen molar-refractivity contribution in [1.82, 2.24) is 4.90 Å². The summed E-state index contributed by atoms with van der Waals surface area (Å²) in [6, 6.07) is 21.4. The molecule has 4 rings (SSSR count). The van der Waals surface area contributed by atoms with E-state index < -0.39 is 0 Å². The summed E-state index contributed by atoms with van der Waals surface area (Å²) in [4.78, 5) is 41.8. The summed E-state index contributed by atoms with van der Waals surface area (Å²) in [5.74, 6) is -0.386. The molecule has 3 aromatic carbocycles. The van der Waals surface area contributed by atoms with Crippen LogP contribution < -0.4 is 9.64 Å². The molecule has 0 atom stereocenters. The van der Waals surface area contributed by atoms with Crippen molar-refractivity contribution in [3.63, 3.8) is 0 Å². The highest BCUT2D eigenvalue weighted by Crippen LogP contribution is 2.28. The highest BCUT2D eigenvalue weighted by atomic mass is 16.5. The van der Waals surface area contributed by atoms with Crippen LogP contribution in [0.3, 0.4) is 0 Å². The first kappa shape index (κ1) is 21.3. The lowest BCUT2D eigenvalue weighted by Gasteiger charge is -2.23. The molecule has 0 unspecified atom stereocenters. The number of hydrogen-bond donors (Lipinski definition) is 0. The molecule has 0 N–H and O–H groups in total. The zero-order chi connectivity index (χ0) is 22.7. The van der Waals surface area contributed by atoms with Crippen LogP contribution in [0.25, 0.3) is 0 Å². The molecule has 0 saturated heterocycles. The number of anilines is 1. The molecular weight excluding hydrogens is 404 g/mol. The molecule has 32 heavy (non-hydrogen) atoms. The van der Waals surface area contributed by atoms with Crippen molar-refractivity contribution in [3.8, 4) is 5.75 Å². The van der Waals surface area contributed by atoms with Crippen LogP contribution in [0.5, 0.6) is 5.75 Å². The van der Waals surface area contributed by atoms with Gasteiger partial charge in [0.25, 0.3) is 17.7 Å². The number of carbonyl (C=O) groups excluding carboxylic acids is 3. The van der Waals surface area contributed by atoms with E-state index in [1.165, 1.54) is 4.90 Å². The summed E-state index contributed by atoms with van der Waals surface area (Å²) in [5.41, 5.74) is 2.66. The fourth-order valence-electron chi connectivity index (χ4n) is 3.89. The van der Waals surface area contributed by atoms with Crippen LogP contribution in [0.1, 0.15) is 50.5 Å². The third-order valence-corrected chi connectivity index (χ3v) is 5.42. The molecule has 1 heterocycles. The van der Waals surface area contributed by atoms with Crippen molar-refractivity contribution < 1.29 is 19.1 Å². The molecule has 1 aliphatic rings. The number of benzene rings is 3. The van der Waals surface area contributed by atoms with Gasteiger partial charge in [-0.05, 0) is 55.8 Å². The average Bonchev–Trinajstić information content (AvgIpc) is 3.06. The normalized spacial score (nSPS) is 12.6.